The largest absolute Gasteiger partial charge is 0.493 e. The normalized spacial score (nSPS) is 10.3. The first-order valence-corrected chi connectivity index (χ1v) is 8.90. The lowest BCUT2D eigenvalue weighted by molar-refractivity contribution is -0.133. The van der Waals surface area contributed by atoms with Gasteiger partial charge in [-0.1, -0.05) is 17.7 Å². The van der Waals surface area contributed by atoms with Gasteiger partial charge in [-0.15, -0.1) is 0 Å². The maximum absolute atomic E-state index is 13.8. The van der Waals surface area contributed by atoms with E-state index in [0.29, 0.717) is 18.1 Å². The van der Waals surface area contributed by atoms with Crippen LogP contribution in [0, 0.1) is 5.82 Å². The summed E-state index contributed by atoms with van der Waals surface area (Å²) < 4.78 is 29.5. The van der Waals surface area contributed by atoms with Gasteiger partial charge in [-0.3, -0.25) is 4.79 Å². The Bertz CT molecular complexity index is 838. The second-order valence-electron chi connectivity index (χ2n) is 5.82. The number of hydrogen-bond acceptors (Lipinski definition) is 5. The van der Waals surface area contributed by atoms with Crippen molar-refractivity contribution in [2.75, 3.05) is 27.4 Å². The lowest BCUT2D eigenvalue weighted by Gasteiger charge is -2.18. The molecule has 2 aromatic rings. The van der Waals surface area contributed by atoms with E-state index in [0.717, 1.165) is 0 Å². The number of carbonyl (C=O) groups is 2. The summed E-state index contributed by atoms with van der Waals surface area (Å²) >= 11 is 5.96. The zero-order chi connectivity index (χ0) is 20.7. The molecule has 8 heteroatoms. The summed E-state index contributed by atoms with van der Waals surface area (Å²) in [5.41, 5.74) is 0.412. The fourth-order valence-corrected chi connectivity index (χ4v) is 2.62. The molecule has 0 spiro atoms. The molecule has 0 atom stereocenters. The third-order valence-corrected chi connectivity index (χ3v) is 4.26. The summed E-state index contributed by atoms with van der Waals surface area (Å²) in [5.74, 6) is -0.809. The van der Waals surface area contributed by atoms with Crippen molar-refractivity contribution >= 4 is 23.5 Å². The predicted octanol–water partition coefficient (Wildman–Crippen LogP) is 3.70. The Morgan fingerprint density at radius 2 is 1.93 bits per heavy atom. The van der Waals surface area contributed by atoms with E-state index >= 15 is 0 Å². The molecule has 150 valence electrons. The van der Waals surface area contributed by atoms with Gasteiger partial charge in [0, 0.05) is 24.2 Å². The van der Waals surface area contributed by atoms with Crippen LogP contribution in [0.15, 0.2) is 36.4 Å². The van der Waals surface area contributed by atoms with Crippen molar-refractivity contribution in [2.45, 2.75) is 13.5 Å². The number of amides is 1. The second kappa shape index (κ2) is 9.94. The van der Waals surface area contributed by atoms with Crippen molar-refractivity contribution in [1.29, 1.82) is 0 Å². The average Bonchev–Trinajstić information content (AvgIpc) is 2.69. The van der Waals surface area contributed by atoms with Crippen molar-refractivity contribution in [3.63, 3.8) is 0 Å². The van der Waals surface area contributed by atoms with Gasteiger partial charge in [0.1, 0.15) is 5.82 Å². The highest BCUT2D eigenvalue weighted by Crippen LogP contribution is 2.28. The van der Waals surface area contributed by atoms with E-state index in [1.165, 1.54) is 49.4 Å². The van der Waals surface area contributed by atoms with Crippen LogP contribution in [-0.4, -0.2) is 44.1 Å². The van der Waals surface area contributed by atoms with Crippen LogP contribution in [-0.2, 0) is 16.1 Å². The zero-order valence-electron chi connectivity index (χ0n) is 15.8. The summed E-state index contributed by atoms with van der Waals surface area (Å²) in [6.07, 6.45) is 0. The molecule has 0 heterocycles. The molecule has 0 unspecified atom stereocenters. The molecule has 0 aliphatic carbocycles. The van der Waals surface area contributed by atoms with Crippen LogP contribution in [0.5, 0.6) is 11.5 Å². The molecule has 0 radical (unpaired) electrons. The van der Waals surface area contributed by atoms with Gasteiger partial charge >= 0.3 is 5.97 Å². The Morgan fingerprint density at radius 3 is 2.57 bits per heavy atom. The van der Waals surface area contributed by atoms with Crippen LogP contribution in [0.4, 0.5) is 4.39 Å². The summed E-state index contributed by atoms with van der Waals surface area (Å²) in [6.45, 7) is 1.75. The molecule has 0 bridgehead atoms. The average molecular weight is 410 g/mol. The number of hydrogen-bond donors (Lipinski definition) is 0. The molecule has 6 nitrogen and oxygen atoms in total. The smallest absolute Gasteiger partial charge is 0.338 e. The highest BCUT2D eigenvalue weighted by molar-refractivity contribution is 6.31. The fraction of sp³-hybridized carbons (Fsp3) is 0.300. The summed E-state index contributed by atoms with van der Waals surface area (Å²) in [4.78, 5) is 25.6. The molecule has 0 saturated carbocycles. The third-order valence-electron chi connectivity index (χ3n) is 3.91. The van der Waals surface area contributed by atoms with Gasteiger partial charge in [0.15, 0.2) is 18.1 Å². The molecular weight excluding hydrogens is 389 g/mol. The Labute approximate surface area is 167 Å². The van der Waals surface area contributed by atoms with Gasteiger partial charge in [-0.05, 0) is 37.3 Å². The number of halogens is 2. The standard InChI is InChI=1S/C20H21ClFNO5/c1-4-27-17-9-8-13(10-18(17)26-3)20(25)28-12-19(24)23(2)11-14-15(21)6-5-7-16(14)22/h5-10H,4,11-12H2,1-3H3. The number of nitrogens with zero attached hydrogens (tertiary/aromatic N) is 1. The first-order valence-electron chi connectivity index (χ1n) is 8.52. The summed E-state index contributed by atoms with van der Waals surface area (Å²) in [7, 11) is 2.93. The SMILES string of the molecule is CCOc1ccc(C(=O)OCC(=O)N(C)Cc2c(F)cccc2Cl)cc1OC. The first kappa shape index (κ1) is 21.5. The van der Waals surface area contributed by atoms with Crippen LogP contribution in [0.25, 0.3) is 0 Å². The number of carbonyl (C=O) groups excluding carboxylic acids is 2. The van der Waals surface area contributed by atoms with E-state index in [1.54, 1.807) is 6.07 Å². The van der Waals surface area contributed by atoms with E-state index in [2.05, 4.69) is 0 Å². The zero-order valence-corrected chi connectivity index (χ0v) is 16.6. The Morgan fingerprint density at radius 1 is 1.18 bits per heavy atom. The number of ether oxygens (including phenoxy) is 3. The van der Waals surface area contributed by atoms with Crippen molar-refractivity contribution < 1.29 is 28.2 Å². The minimum Gasteiger partial charge on any atom is -0.493 e. The maximum atomic E-state index is 13.8. The number of benzene rings is 2. The lowest BCUT2D eigenvalue weighted by Crippen LogP contribution is -2.31. The van der Waals surface area contributed by atoms with E-state index in [9.17, 15) is 14.0 Å². The molecule has 0 aliphatic heterocycles. The van der Waals surface area contributed by atoms with E-state index in [-0.39, 0.29) is 22.7 Å². The molecular formula is C20H21ClFNO5. The van der Waals surface area contributed by atoms with Gasteiger partial charge in [-0.2, -0.15) is 0 Å². The molecule has 0 aromatic heterocycles. The summed E-state index contributed by atoms with van der Waals surface area (Å²) in [5, 5.41) is 0.220. The van der Waals surface area contributed by atoms with Gasteiger partial charge < -0.3 is 19.1 Å². The topological polar surface area (TPSA) is 65.1 Å². The van der Waals surface area contributed by atoms with Crippen LogP contribution >= 0.6 is 11.6 Å². The Balaban J connectivity index is 1.97. The molecule has 0 aliphatic rings. The molecule has 2 aromatic carbocycles. The number of likely N-dealkylation sites (N-methyl/N-ethyl adjacent to an activating group) is 1. The maximum Gasteiger partial charge on any atom is 0.338 e. The van der Waals surface area contributed by atoms with Gasteiger partial charge in [0.05, 0.1) is 19.3 Å². The predicted molar refractivity (Wildman–Crippen MR) is 102 cm³/mol. The molecule has 0 saturated heterocycles. The monoisotopic (exact) mass is 409 g/mol. The molecule has 28 heavy (non-hydrogen) atoms. The second-order valence-corrected chi connectivity index (χ2v) is 6.23. The number of methoxy groups -OCH3 is 1. The van der Waals surface area contributed by atoms with Crippen molar-refractivity contribution in [3.8, 4) is 11.5 Å². The summed E-state index contributed by atoms with van der Waals surface area (Å²) in [6, 6.07) is 8.86. The minimum atomic E-state index is -0.688. The van der Waals surface area contributed by atoms with Gasteiger partial charge in [0.2, 0.25) is 0 Å². The highest BCUT2D eigenvalue weighted by Gasteiger charge is 2.18. The number of esters is 1. The fourth-order valence-electron chi connectivity index (χ4n) is 2.40. The molecule has 2 rings (SSSR count). The third kappa shape index (κ3) is 5.36. The van der Waals surface area contributed by atoms with Crippen LogP contribution in [0.2, 0.25) is 5.02 Å². The van der Waals surface area contributed by atoms with E-state index in [1.807, 2.05) is 6.92 Å². The van der Waals surface area contributed by atoms with Crippen LogP contribution in [0.3, 0.4) is 0 Å². The van der Waals surface area contributed by atoms with Crippen molar-refractivity contribution in [1.82, 2.24) is 4.90 Å². The van der Waals surface area contributed by atoms with Crippen molar-refractivity contribution in [2.24, 2.45) is 0 Å². The van der Waals surface area contributed by atoms with Crippen molar-refractivity contribution in [3.05, 3.63) is 58.4 Å². The molecule has 1 amide bonds. The highest BCUT2D eigenvalue weighted by atomic mass is 35.5. The molecule has 0 N–H and O–H groups in total. The van der Waals surface area contributed by atoms with Gasteiger partial charge in [-0.25, -0.2) is 9.18 Å². The lowest BCUT2D eigenvalue weighted by atomic mass is 10.2. The van der Waals surface area contributed by atoms with Crippen LogP contribution < -0.4 is 9.47 Å². The Hall–Kier alpha value is -2.80. The van der Waals surface area contributed by atoms with Gasteiger partial charge in [0.25, 0.3) is 5.91 Å². The quantitative estimate of drug-likeness (QED) is 0.622. The molecule has 0 fully saturated rings. The Kier molecular flexibility index (Phi) is 7.63. The van der Waals surface area contributed by atoms with Crippen LogP contribution in [0.1, 0.15) is 22.8 Å². The first-order chi connectivity index (χ1) is 13.4. The van der Waals surface area contributed by atoms with E-state index in [4.69, 9.17) is 25.8 Å². The number of rotatable bonds is 8. The minimum absolute atomic E-state index is 0.0429. The van der Waals surface area contributed by atoms with E-state index < -0.39 is 24.3 Å².